The highest BCUT2D eigenvalue weighted by Gasteiger charge is 2.15. The summed E-state index contributed by atoms with van der Waals surface area (Å²) in [5, 5.41) is 8.96. The van der Waals surface area contributed by atoms with Gasteiger partial charge in [-0.15, -0.1) is 6.58 Å². The molecule has 0 atom stereocenters. The zero-order chi connectivity index (χ0) is 13.0. The van der Waals surface area contributed by atoms with Crippen molar-refractivity contribution in [2.45, 2.75) is 26.8 Å². The predicted molar refractivity (Wildman–Crippen MR) is 66.4 cm³/mol. The maximum atomic E-state index is 10.9. The molecule has 0 bridgehead atoms. The minimum atomic E-state index is -1.04. The second-order valence-corrected chi connectivity index (χ2v) is 4.03. The van der Waals surface area contributed by atoms with Crippen molar-refractivity contribution in [3.8, 4) is 0 Å². The molecular weight excluding hydrogens is 218 g/mol. The summed E-state index contributed by atoms with van der Waals surface area (Å²) in [5.74, 6) is -0.614. The molecule has 0 saturated carbocycles. The summed E-state index contributed by atoms with van der Waals surface area (Å²) in [6, 6.07) is 1.63. The van der Waals surface area contributed by atoms with Gasteiger partial charge in [0.25, 0.3) is 0 Å². The number of carboxylic acid groups (broad SMARTS) is 1. The summed E-state index contributed by atoms with van der Waals surface area (Å²) in [6.07, 6.45) is 1.74. The third-order valence-corrected chi connectivity index (χ3v) is 2.27. The van der Waals surface area contributed by atoms with E-state index in [0.29, 0.717) is 18.2 Å². The topological polar surface area (TPSA) is 66.3 Å². The van der Waals surface area contributed by atoms with Crippen molar-refractivity contribution in [1.29, 1.82) is 0 Å². The van der Waals surface area contributed by atoms with Crippen LogP contribution in [0.1, 0.15) is 30.0 Å². The van der Waals surface area contributed by atoms with Gasteiger partial charge in [0.1, 0.15) is 0 Å². The van der Waals surface area contributed by atoms with Crippen LogP contribution in [0.15, 0.2) is 18.7 Å². The highest BCUT2D eigenvalue weighted by Crippen LogP contribution is 2.13. The lowest BCUT2D eigenvalue weighted by atomic mass is 10.3. The van der Waals surface area contributed by atoms with Crippen LogP contribution < -0.4 is 4.90 Å². The Balaban J connectivity index is 3.18. The predicted octanol–water partition coefficient (Wildman–Crippen LogP) is 1.88. The van der Waals surface area contributed by atoms with Gasteiger partial charge in [0.15, 0.2) is 5.69 Å². The summed E-state index contributed by atoms with van der Waals surface area (Å²) in [4.78, 5) is 21.1. The molecule has 0 fully saturated rings. The fraction of sp³-hybridized carbons (Fsp3) is 0.417. The SMILES string of the molecule is C=CCN(c1nc(C)cc(C(=O)O)n1)C(C)C. The smallest absolute Gasteiger partial charge is 0.354 e. The van der Waals surface area contributed by atoms with Crippen LogP contribution in [-0.4, -0.2) is 33.6 Å². The quantitative estimate of drug-likeness (QED) is 0.789. The van der Waals surface area contributed by atoms with E-state index in [9.17, 15) is 4.79 Å². The molecule has 5 heteroatoms. The van der Waals surface area contributed by atoms with Crippen molar-refractivity contribution in [1.82, 2.24) is 9.97 Å². The first-order valence-corrected chi connectivity index (χ1v) is 5.42. The van der Waals surface area contributed by atoms with E-state index in [4.69, 9.17) is 5.11 Å². The van der Waals surface area contributed by atoms with Crippen molar-refractivity contribution in [3.63, 3.8) is 0 Å². The molecule has 1 N–H and O–H groups in total. The Hall–Kier alpha value is -1.91. The number of carboxylic acids is 1. The van der Waals surface area contributed by atoms with Crippen LogP contribution in [-0.2, 0) is 0 Å². The average Bonchev–Trinajstić information content (AvgIpc) is 2.24. The molecule has 0 unspecified atom stereocenters. The third kappa shape index (κ3) is 3.27. The van der Waals surface area contributed by atoms with Gasteiger partial charge in [0.2, 0.25) is 5.95 Å². The molecule has 1 aromatic heterocycles. The number of hydrogen-bond donors (Lipinski definition) is 1. The number of hydrogen-bond acceptors (Lipinski definition) is 4. The van der Waals surface area contributed by atoms with Crippen LogP contribution in [0, 0.1) is 6.92 Å². The molecular formula is C12H17N3O2. The van der Waals surface area contributed by atoms with Crippen molar-refractivity contribution < 1.29 is 9.90 Å². The Morgan fingerprint density at radius 1 is 1.59 bits per heavy atom. The molecule has 0 saturated heterocycles. The highest BCUT2D eigenvalue weighted by atomic mass is 16.4. The Morgan fingerprint density at radius 2 is 2.24 bits per heavy atom. The molecule has 0 radical (unpaired) electrons. The molecule has 0 aliphatic carbocycles. The van der Waals surface area contributed by atoms with E-state index in [-0.39, 0.29) is 11.7 Å². The summed E-state index contributed by atoms with van der Waals surface area (Å²) < 4.78 is 0. The number of aryl methyl sites for hydroxylation is 1. The number of rotatable bonds is 5. The second-order valence-electron chi connectivity index (χ2n) is 4.03. The van der Waals surface area contributed by atoms with Gasteiger partial charge < -0.3 is 10.0 Å². The van der Waals surface area contributed by atoms with Crippen LogP contribution in [0.5, 0.6) is 0 Å². The van der Waals surface area contributed by atoms with Crippen LogP contribution in [0.2, 0.25) is 0 Å². The molecule has 1 heterocycles. The average molecular weight is 235 g/mol. The molecule has 0 aliphatic heterocycles. The first kappa shape index (κ1) is 13.2. The monoisotopic (exact) mass is 235 g/mol. The number of aromatic carboxylic acids is 1. The lowest BCUT2D eigenvalue weighted by Gasteiger charge is -2.25. The number of anilines is 1. The van der Waals surface area contributed by atoms with Gasteiger partial charge in [-0.3, -0.25) is 0 Å². The fourth-order valence-electron chi connectivity index (χ4n) is 1.45. The molecule has 1 rings (SSSR count). The minimum absolute atomic E-state index is 0.0159. The van der Waals surface area contributed by atoms with Gasteiger partial charge in [-0.25, -0.2) is 14.8 Å². The molecule has 0 spiro atoms. The summed E-state index contributed by atoms with van der Waals surface area (Å²) >= 11 is 0. The minimum Gasteiger partial charge on any atom is -0.477 e. The zero-order valence-corrected chi connectivity index (χ0v) is 10.3. The van der Waals surface area contributed by atoms with Crippen LogP contribution >= 0.6 is 0 Å². The van der Waals surface area contributed by atoms with Crippen molar-refractivity contribution in [2.24, 2.45) is 0 Å². The maximum Gasteiger partial charge on any atom is 0.354 e. The van der Waals surface area contributed by atoms with Crippen LogP contribution in [0.3, 0.4) is 0 Å². The van der Waals surface area contributed by atoms with Gasteiger partial charge in [-0.2, -0.15) is 0 Å². The van der Waals surface area contributed by atoms with Gasteiger partial charge in [0, 0.05) is 18.3 Å². The molecule has 0 aromatic carbocycles. The molecule has 1 aromatic rings. The van der Waals surface area contributed by atoms with E-state index in [1.165, 1.54) is 6.07 Å². The van der Waals surface area contributed by atoms with E-state index in [0.717, 1.165) is 0 Å². The third-order valence-electron chi connectivity index (χ3n) is 2.27. The Morgan fingerprint density at radius 3 is 2.71 bits per heavy atom. The molecule has 92 valence electrons. The summed E-state index contributed by atoms with van der Waals surface area (Å²) in [5.41, 5.74) is 0.657. The fourth-order valence-corrected chi connectivity index (χ4v) is 1.45. The van der Waals surface area contributed by atoms with Gasteiger partial charge in [-0.1, -0.05) is 6.08 Å². The molecule has 17 heavy (non-hydrogen) atoms. The number of carbonyl (C=O) groups is 1. The standard InChI is InChI=1S/C12H17N3O2/c1-5-6-15(8(2)3)12-13-9(4)7-10(14-12)11(16)17/h5,7-8H,1,6H2,2-4H3,(H,16,17). The highest BCUT2D eigenvalue weighted by molar-refractivity contribution is 5.85. The van der Waals surface area contributed by atoms with E-state index in [1.54, 1.807) is 13.0 Å². The normalized spacial score (nSPS) is 10.4. The second kappa shape index (κ2) is 5.43. The number of nitrogens with zero attached hydrogens (tertiary/aromatic N) is 3. The molecule has 0 amide bonds. The largest absolute Gasteiger partial charge is 0.477 e. The Labute approximate surface area is 101 Å². The van der Waals surface area contributed by atoms with Crippen LogP contribution in [0.4, 0.5) is 5.95 Å². The molecule has 5 nitrogen and oxygen atoms in total. The lowest BCUT2D eigenvalue weighted by molar-refractivity contribution is 0.0690. The summed E-state index contributed by atoms with van der Waals surface area (Å²) in [6.45, 7) is 10.0. The van der Waals surface area contributed by atoms with Crippen molar-refractivity contribution >= 4 is 11.9 Å². The van der Waals surface area contributed by atoms with E-state index >= 15 is 0 Å². The van der Waals surface area contributed by atoms with E-state index in [2.05, 4.69) is 16.5 Å². The zero-order valence-electron chi connectivity index (χ0n) is 10.3. The van der Waals surface area contributed by atoms with Gasteiger partial charge in [-0.05, 0) is 26.8 Å². The number of aromatic nitrogens is 2. The van der Waals surface area contributed by atoms with Gasteiger partial charge in [0.05, 0.1) is 0 Å². The first-order valence-electron chi connectivity index (χ1n) is 5.42. The Kier molecular flexibility index (Phi) is 4.20. The van der Waals surface area contributed by atoms with Crippen molar-refractivity contribution in [3.05, 3.63) is 30.1 Å². The van der Waals surface area contributed by atoms with E-state index < -0.39 is 5.97 Å². The maximum absolute atomic E-state index is 10.9. The van der Waals surface area contributed by atoms with E-state index in [1.807, 2.05) is 18.7 Å². The first-order chi connectivity index (χ1) is 7.95. The summed E-state index contributed by atoms with van der Waals surface area (Å²) in [7, 11) is 0. The van der Waals surface area contributed by atoms with Gasteiger partial charge >= 0.3 is 5.97 Å². The van der Waals surface area contributed by atoms with Crippen molar-refractivity contribution in [2.75, 3.05) is 11.4 Å². The van der Waals surface area contributed by atoms with Crippen LogP contribution in [0.25, 0.3) is 0 Å². The lowest BCUT2D eigenvalue weighted by Crippen LogP contribution is -2.33. The molecule has 0 aliphatic rings. The Bertz CT molecular complexity index is 430.